The molecule has 1 amide bonds. The summed E-state index contributed by atoms with van der Waals surface area (Å²) in [5.41, 5.74) is -0.305. The van der Waals surface area contributed by atoms with Gasteiger partial charge in [0, 0.05) is 6.54 Å². The van der Waals surface area contributed by atoms with Crippen LogP contribution in [0.4, 0.5) is 0 Å². The molecular formula is C10H17N3O2. The van der Waals surface area contributed by atoms with E-state index in [4.69, 9.17) is 0 Å². The predicted octanol–water partition coefficient (Wildman–Crippen LogP) is 0.609. The van der Waals surface area contributed by atoms with Gasteiger partial charge in [-0.2, -0.15) is 0 Å². The van der Waals surface area contributed by atoms with Crippen LogP contribution in [0.1, 0.15) is 36.6 Å². The highest BCUT2D eigenvalue weighted by atomic mass is 16.3. The first kappa shape index (κ1) is 11.7. The van der Waals surface area contributed by atoms with Gasteiger partial charge in [-0.1, -0.05) is 0 Å². The highest BCUT2D eigenvalue weighted by Gasteiger charge is 2.13. The third-order valence-corrected chi connectivity index (χ3v) is 1.97. The summed E-state index contributed by atoms with van der Waals surface area (Å²) in [5, 5.41) is 12.1. The summed E-state index contributed by atoms with van der Waals surface area (Å²) < 4.78 is 0. The minimum atomic E-state index is -0.753. The zero-order valence-electron chi connectivity index (χ0n) is 9.29. The molecule has 1 rings (SSSR count). The van der Waals surface area contributed by atoms with E-state index >= 15 is 0 Å². The fraction of sp³-hybridized carbons (Fsp3) is 0.600. The summed E-state index contributed by atoms with van der Waals surface area (Å²) >= 11 is 0. The van der Waals surface area contributed by atoms with Gasteiger partial charge in [0.25, 0.3) is 5.91 Å². The third-order valence-electron chi connectivity index (χ3n) is 1.97. The molecule has 0 aliphatic heterocycles. The Bertz CT molecular complexity index is 339. The van der Waals surface area contributed by atoms with Gasteiger partial charge in [0.05, 0.1) is 11.8 Å². The van der Waals surface area contributed by atoms with Crippen LogP contribution in [0.15, 0.2) is 6.20 Å². The van der Waals surface area contributed by atoms with Crippen molar-refractivity contribution < 1.29 is 9.90 Å². The summed E-state index contributed by atoms with van der Waals surface area (Å²) in [6.45, 7) is 5.65. The topological polar surface area (TPSA) is 78.0 Å². The van der Waals surface area contributed by atoms with Gasteiger partial charge in [0.15, 0.2) is 0 Å². The summed E-state index contributed by atoms with van der Waals surface area (Å²) in [6.07, 6.45) is 2.01. The Morgan fingerprint density at radius 1 is 1.67 bits per heavy atom. The van der Waals surface area contributed by atoms with Gasteiger partial charge in [-0.05, 0) is 27.2 Å². The first-order valence-electron chi connectivity index (χ1n) is 4.91. The molecule has 0 spiro atoms. The zero-order valence-corrected chi connectivity index (χ0v) is 9.29. The van der Waals surface area contributed by atoms with E-state index in [-0.39, 0.29) is 5.91 Å². The normalized spacial score (nSPS) is 11.5. The lowest BCUT2D eigenvalue weighted by molar-refractivity contribution is 0.0692. The molecule has 1 aromatic rings. The van der Waals surface area contributed by atoms with Crippen molar-refractivity contribution in [1.82, 2.24) is 15.3 Å². The number of aromatic amines is 1. The number of carbonyl (C=O) groups is 1. The number of H-pyrrole nitrogens is 1. The second-order valence-corrected chi connectivity index (χ2v) is 4.20. The average molecular weight is 211 g/mol. The highest BCUT2D eigenvalue weighted by molar-refractivity contribution is 5.92. The first-order valence-corrected chi connectivity index (χ1v) is 4.91. The molecule has 5 heteroatoms. The van der Waals surface area contributed by atoms with Gasteiger partial charge in [-0.25, -0.2) is 4.98 Å². The lowest BCUT2D eigenvalue weighted by atomic mass is 10.1. The number of imidazole rings is 1. The Balaban J connectivity index is 2.37. The average Bonchev–Trinajstić information content (AvgIpc) is 2.49. The fourth-order valence-electron chi connectivity index (χ4n) is 1.11. The molecule has 84 valence electrons. The molecule has 1 heterocycles. The van der Waals surface area contributed by atoms with E-state index in [0.29, 0.717) is 24.5 Å². The van der Waals surface area contributed by atoms with Crippen molar-refractivity contribution in [1.29, 1.82) is 0 Å². The fourth-order valence-corrected chi connectivity index (χ4v) is 1.11. The van der Waals surface area contributed by atoms with Crippen LogP contribution in [0, 0.1) is 6.92 Å². The minimum absolute atomic E-state index is 0.195. The molecule has 5 nitrogen and oxygen atoms in total. The molecule has 0 aliphatic rings. The Kier molecular flexibility index (Phi) is 3.47. The third kappa shape index (κ3) is 4.12. The summed E-state index contributed by atoms with van der Waals surface area (Å²) in [5.74, 6) is 0.516. The Morgan fingerprint density at radius 3 is 2.80 bits per heavy atom. The maximum absolute atomic E-state index is 11.5. The molecule has 0 saturated carbocycles. The first-order chi connectivity index (χ1) is 6.88. The molecule has 0 radical (unpaired) electrons. The SMILES string of the molecule is Cc1ncc(C(=O)NCCC(C)(C)O)[nH]1. The van der Waals surface area contributed by atoms with Crippen molar-refractivity contribution in [3.05, 3.63) is 17.7 Å². The van der Waals surface area contributed by atoms with Crippen molar-refractivity contribution in [2.45, 2.75) is 32.8 Å². The van der Waals surface area contributed by atoms with Crippen LogP contribution in [0.2, 0.25) is 0 Å². The molecule has 0 fully saturated rings. The van der Waals surface area contributed by atoms with Crippen LogP contribution < -0.4 is 5.32 Å². The Labute approximate surface area is 88.9 Å². The standard InChI is InChI=1S/C10H17N3O2/c1-7-12-6-8(13-7)9(14)11-5-4-10(2,3)15/h6,15H,4-5H2,1-3H3,(H,11,14)(H,12,13). The predicted molar refractivity (Wildman–Crippen MR) is 56.6 cm³/mol. The number of carbonyl (C=O) groups excluding carboxylic acids is 1. The number of hydrogen-bond acceptors (Lipinski definition) is 3. The molecule has 0 aromatic carbocycles. The maximum atomic E-state index is 11.5. The lowest BCUT2D eigenvalue weighted by Gasteiger charge is -2.16. The van der Waals surface area contributed by atoms with Crippen LogP contribution in [0.3, 0.4) is 0 Å². The quantitative estimate of drug-likeness (QED) is 0.682. The number of aromatic nitrogens is 2. The van der Waals surface area contributed by atoms with Crippen molar-refractivity contribution >= 4 is 5.91 Å². The molecule has 0 bridgehead atoms. The number of hydrogen-bond donors (Lipinski definition) is 3. The summed E-state index contributed by atoms with van der Waals surface area (Å²) in [4.78, 5) is 18.2. The van der Waals surface area contributed by atoms with E-state index in [2.05, 4.69) is 15.3 Å². The van der Waals surface area contributed by atoms with Crippen LogP contribution in [0.25, 0.3) is 0 Å². The maximum Gasteiger partial charge on any atom is 0.269 e. The van der Waals surface area contributed by atoms with Gasteiger partial charge in [-0.15, -0.1) is 0 Å². The second-order valence-electron chi connectivity index (χ2n) is 4.20. The van der Waals surface area contributed by atoms with Gasteiger partial charge < -0.3 is 15.4 Å². The van der Waals surface area contributed by atoms with E-state index < -0.39 is 5.60 Å². The molecule has 0 unspecified atom stereocenters. The number of amides is 1. The van der Waals surface area contributed by atoms with Gasteiger partial charge in [-0.3, -0.25) is 4.79 Å². The van der Waals surface area contributed by atoms with E-state index in [0.717, 1.165) is 0 Å². The highest BCUT2D eigenvalue weighted by Crippen LogP contribution is 2.05. The van der Waals surface area contributed by atoms with E-state index in [9.17, 15) is 9.90 Å². The number of aliphatic hydroxyl groups is 1. The number of aryl methyl sites for hydroxylation is 1. The zero-order chi connectivity index (χ0) is 11.5. The molecule has 0 saturated heterocycles. The molecule has 3 N–H and O–H groups in total. The molecule has 1 aromatic heterocycles. The Hall–Kier alpha value is -1.36. The van der Waals surface area contributed by atoms with Gasteiger partial charge >= 0.3 is 0 Å². The van der Waals surface area contributed by atoms with Crippen molar-refractivity contribution in [2.75, 3.05) is 6.54 Å². The van der Waals surface area contributed by atoms with Crippen LogP contribution in [-0.2, 0) is 0 Å². The molecular weight excluding hydrogens is 194 g/mol. The minimum Gasteiger partial charge on any atom is -0.390 e. The van der Waals surface area contributed by atoms with Crippen molar-refractivity contribution in [2.24, 2.45) is 0 Å². The number of nitrogens with zero attached hydrogens (tertiary/aromatic N) is 1. The number of rotatable bonds is 4. The Morgan fingerprint density at radius 2 is 2.33 bits per heavy atom. The lowest BCUT2D eigenvalue weighted by Crippen LogP contribution is -2.30. The second kappa shape index (κ2) is 4.44. The molecule has 15 heavy (non-hydrogen) atoms. The smallest absolute Gasteiger partial charge is 0.269 e. The largest absolute Gasteiger partial charge is 0.390 e. The molecule has 0 atom stereocenters. The summed E-state index contributed by atoms with van der Waals surface area (Å²) in [6, 6.07) is 0. The van der Waals surface area contributed by atoms with Crippen LogP contribution >= 0.6 is 0 Å². The van der Waals surface area contributed by atoms with Gasteiger partial charge in [0.1, 0.15) is 11.5 Å². The van der Waals surface area contributed by atoms with E-state index in [1.165, 1.54) is 6.20 Å². The summed E-state index contributed by atoms with van der Waals surface area (Å²) in [7, 11) is 0. The van der Waals surface area contributed by atoms with Gasteiger partial charge in [0.2, 0.25) is 0 Å². The molecule has 0 aliphatic carbocycles. The monoisotopic (exact) mass is 211 g/mol. The van der Waals surface area contributed by atoms with Crippen molar-refractivity contribution in [3.8, 4) is 0 Å². The van der Waals surface area contributed by atoms with Crippen molar-refractivity contribution in [3.63, 3.8) is 0 Å². The van der Waals surface area contributed by atoms with E-state index in [1.807, 2.05) is 0 Å². The van der Waals surface area contributed by atoms with E-state index in [1.54, 1.807) is 20.8 Å². The van der Waals surface area contributed by atoms with Crippen LogP contribution in [0.5, 0.6) is 0 Å². The number of nitrogens with one attached hydrogen (secondary N) is 2. The van der Waals surface area contributed by atoms with Crippen LogP contribution in [-0.4, -0.2) is 33.1 Å².